The fourth-order valence-electron chi connectivity index (χ4n) is 5.18. The van der Waals surface area contributed by atoms with Crippen molar-refractivity contribution < 1.29 is 18.8 Å². The number of anilines is 1. The van der Waals surface area contributed by atoms with Crippen molar-refractivity contribution in [1.82, 2.24) is 10.2 Å². The zero-order chi connectivity index (χ0) is 28.4. The summed E-state index contributed by atoms with van der Waals surface area (Å²) in [6, 6.07) is 25.8. The number of nitrogens with zero attached hydrogens (tertiary/aromatic N) is 2. The molecule has 0 radical (unpaired) electrons. The number of carbonyl (C=O) groups excluding carboxylic acids is 3. The number of halogens is 1. The van der Waals surface area contributed by atoms with Gasteiger partial charge in [-0.15, -0.1) is 0 Å². The quantitative estimate of drug-likeness (QED) is 0.323. The molecule has 0 unspecified atom stereocenters. The van der Waals surface area contributed by atoms with Gasteiger partial charge in [-0.25, -0.2) is 4.39 Å². The first kappa shape index (κ1) is 27.1. The normalized spacial score (nSPS) is 13.4. The lowest BCUT2D eigenvalue weighted by Crippen LogP contribution is -2.56. The molecule has 40 heavy (non-hydrogen) atoms. The molecule has 0 aromatic heterocycles. The van der Waals surface area contributed by atoms with Crippen molar-refractivity contribution in [1.29, 1.82) is 0 Å². The Morgan fingerprint density at radius 3 is 2.27 bits per heavy atom. The number of carbonyl (C=O) groups is 3. The highest BCUT2D eigenvalue weighted by Crippen LogP contribution is 2.37. The molecule has 6 nitrogen and oxygen atoms in total. The second-order valence-corrected chi connectivity index (χ2v) is 11.1. The van der Waals surface area contributed by atoms with Gasteiger partial charge in [0.1, 0.15) is 18.4 Å². The van der Waals surface area contributed by atoms with Gasteiger partial charge in [-0.1, -0.05) is 72.8 Å². The number of amides is 3. The second kappa shape index (κ2) is 10.9. The van der Waals surface area contributed by atoms with Crippen LogP contribution in [0.15, 0.2) is 91.0 Å². The van der Waals surface area contributed by atoms with Crippen LogP contribution in [-0.2, 0) is 22.6 Å². The van der Waals surface area contributed by atoms with Gasteiger partial charge in [-0.05, 0) is 49.9 Å². The number of rotatable bonds is 8. The van der Waals surface area contributed by atoms with Crippen LogP contribution in [0.3, 0.4) is 0 Å². The average molecular weight is 538 g/mol. The Bertz CT molecular complexity index is 1570. The predicted molar refractivity (Wildman–Crippen MR) is 154 cm³/mol. The highest BCUT2D eigenvalue weighted by Gasteiger charge is 2.36. The van der Waals surface area contributed by atoms with Crippen LogP contribution in [0, 0.1) is 5.82 Å². The fourth-order valence-corrected chi connectivity index (χ4v) is 5.18. The molecule has 0 bridgehead atoms. The summed E-state index contributed by atoms with van der Waals surface area (Å²) in [6.45, 7) is 5.20. The molecule has 1 heterocycles. The Hall–Kier alpha value is -4.52. The minimum atomic E-state index is -0.940. The van der Waals surface area contributed by atoms with E-state index in [2.05, 4.69) is 5.32 Å². The van der Waals surface area contributed by atoms with Crippen LogP contribution in [0.1, 0.15) is 42.3 Å². The summed E-state index contributed by atoms with van der Waals surface area (Å²) >= 11 is 0. The van der Waals surface area contributed by atoms with Crippen molar-refractivity contribution in [2.45, 2.75) is 45.3 Å². The molecule has 3 amide bonds. The lowest BCUT2D eigenvalue weighted by molar-refractivity contribution is -0.140. The lowest BCUT2D eigenvalue weighted by Gasteiger charge is -2.34. The lowest BCUT2D eigenvalue weighted by atomic mass is 10.0. The first-order valence-corrected chi connectivity index (χ1v) is 13.3. The van der Waals surface area contributed by atoms with Gasteiger partial charge in [-0.3, -0.25) is 19.3 Å². The van der Waals surface area contributed by atoms with Crippen molar-refractivity contribution in [2.24, 2.45) is 0 Å². The van der Waals surface area contributed by atoms with E-state index in [4.69, 9.17) is 0 Å². The predicted octanol–water partition coefficient (Wildman–Crippen LogP) is 5.49. The van der Waals surface area contributed by atoms with Crippen molar-refractivity contribution in [3.63, 3.8) is 0 Å². The van der Waals surface area contributed by atoms with Crippen molar-refractivity contribution in [2.75, 3.05) is 11.4 Å². The van der Waals surface area contributed by atoms with E-state index in [1.54, 1.807) is 24.3 Å². The van der Waals surface area contributed by atoms with E-state index in [1.807, 2.05) is 81.4 Å². The van der Waals surface area contributed by atoms with Crippen molar-refractivity contribution in [3.05, 3.63) is 114 Å². The highest BCUT2D eigenvalue weighted by molar-refractivity contribution is 6.26. The summed E-state index contributed by atoms with van der Waals surface area (Å²) in [6.07, 6.45) is 0.229. The molecular formula is C33H32FN3O3. The van der Waals surface area contributed by atoms with E-state index in [9.17, 15) is 18.8 Å². The molecule has 204 valence electrons. The van der Waals surface area contributed by atoms with Gasteiger partial charge < -0.3 is 10.2 Å². The molecule has 1 aliphatic rings. The van der Waals surface area contributed by atoms with Gasteiger partial charge in [-0.2, -0.15) is 0 Å². The average Bonchev–Trinajstić information content (AvgIpc) is 3.19. The summed E-state index contributed by atoms with van der Waals surface area (Å²) in [5.41, 5.74) is 1.78. The molecule has 0 saturated heterocycles. The standard InChI is InChI=1S/C33H32FN3O3/c1-33(2,3)35-31(39)28(19-22-11-5-4-6-12-22)36(20-24-13-7-8-17-26(24)34)29(38)21-37-27-18-10-15-23-14-9-16-25(30(23)27)32(37)40/h4-18,28H,19-21H2,1-3H3,(H,35,39)/t28-/m0/s1. The van der Waals surface area contributed by atoms with Crippen LogP contribution in [0.2, 0.25) is 0 Å². The zero-order valence-electron chi connectivity index (χ0n) is 22.9. The van der Waals surface area contributed by atoms with Crippen LogP contribution in [-0.4, -0.2) is 40.7 Å². The van der Waals surface area contributed by atoms with E-state index < -0.39 is 23.3 Å². The summed E-state index contributed by atoms with van der Waals surface area (Å²) in [7, 11) is 0. The van der Waals surface area contributed by atoms with Crippen LogP contribution < -0.4 is 10.2 Å². The Morgan fingerprint density at radius 1 is 0.900 bits per heavy atom. The fraction of sp³-hybridized carbons (Fsp3) is 0.242. The maximum absolute atomic E-state index is 14.9. The maximum Gasteiger partial charge on any atom is 0.259 e. The van der Waals surface area contributed by atoms with Gasteiger partial charge in [0.05, 0.1) is 5.69 Å². The molecule has 0 saturated carbocycles. The molecule has 1 aliphatic heterocycles. The van der Waals surface area contributed by atoms with Crippen LogP contribution in [0.5, 0.6) is 0 Å². The first-order chi connectivity index (χ1) is 19.1. The topological polar surface area (TPSA) is 69.7 Å². The smallest absolute Gasteiger partial charge is 0.259 e. The van der Waals surface area contributed by atoms with E-state index in [0.29, 0.717) is 11.3 Å². The molecule has 1 atom stereocenters. The highest BCUT2D eigenvalue weighted by atomic mass is 19.1. The van der Waals surface area contributed by atoms with Crippen LogP contribution in [0.25, 0.3) is 10.8 Å². The third kappa shape index (κ3) is 5.59. The Morgan fingerprint density at radius 2 is 1.57 bits per heavy atom. The monoisotopic (exact) mass is 537 g/mol. The number of hydrogen-bond acceptors (Lipinski definition) is 3. The first-order valence-electron chi connectivity index (χ1n) is 13.3. The molecule has 5 rings (SSSR count). The number of hydrogen-bond donors (Lipinski definition) is 1. The van der Waals surface area contributed by atoms with E-state index >= 15 is 0 Å². The van der Waals surface area contributed by atoms with E-state index in [1.165, 1.54) is 15.9 Å². The minimum Gasteiger partial charge on any atom is -0.350 e. The van der Waals surface area contributed by atoms with Crippen LogP contribution in [0.4, 0.5) is 10.1 Å². The number of benzene rings is 4. The molecule has 4 aromatic rings. The summed E-state index contributed by atoms with van der Waals surface area (Å²) in [4.78, 5) is 44.2. The Labute approximate surface area is 233 Å². The largest absolute Gasteiger partial charge is 0.350 e. The third-order valence-corrected chi connectivity index (χ3v) is 7.01. The second-order valence-electron chi connectivity index (χ2n) is 11.1. The van der Waals surface area contributed by atoms with Crippen molar-refractivity contribution in [3.8, 4) is 0 Å². The summed E-state index contributed by atoms with van der Waals surface area (Å²) in [5, 5.41) is 4.71. The van der Waals surface area contributed by atoms with E-state index in [0.717, 1.165) is 16.3 Å². The SMILES string of the molecule is CC(C)(C)NC(=O)[C@H](Cc1ccccc1)N(Cc1ccccc1F)C(=O)CN1C(=O)c2cccc3cccc1c23. The summed E-state index contributed by atoms with van der Waals surface area (Å²) in [5.74, 6) is -1.54. The van der Waals surface area contributed by atoms with Gasteiger partial charge in [0, 0.05) is 35.0 Å². The molecular weight excluding hydrogens is 505 g/mol. The molecule has 1 N–H and O–H groups in total. The minimum absolute atomic E-state index is 0.125. The van der Waals surface area contributed by atoms with Gasteiger partial charge in [0.25, 0.3) is 5.91 Å². The Kier molecular flexibility index (Phi) is 7.39. The van der Waals surface area contributed by atoms with Gasteiger partial charge in [0.2, 0.25) is 11.8 Å². The molecule has 0 fully saturated rings. The van der Waals surface area contributed by atoms with Crippen molar-refractivity contribution >= 4 is 34.2 Å². The Balaban J connectivity index is 1.53. The van der Waals surface area contributed by atoms with Gasteiger partial charge >= 0.3 is 0 Å². The summed E-state index contributed by atoms with van der Waals surface area (Å²) < 4.78 is 14.9. The third-order valence-electron chi connectivity index (χ3n) is 7.01. The molecule has 4 aromatic carbocycles. The molecule has 0 aliphatic carbocycles. The maximum atomic E-state index is 14.9. The van der Waals surface area contributed by atoms with E-state index in [-0.39, 0.29) is 36.9 Å². The zero-order valence-corrected chi connectivity index (χ0v) is 22.9. The number of nitrogens with one attached hydrogen (secondary N) is 1. The molecule has 0 spiro atoms. The van der Waals surface area contributed by atoms with Gasteiger partial charge in [0.15, 0.2) is 0 Å². The van der Waals surface area contributed by atoms with Crippen LogP contribution >= 0.6 is 0 Å². The molecule has 7 heteroatoms.